The number of nitrogens with zero attached hydrogens (tertiary/aromatic N) is 2. The van der Waals surface area contributed by atoms with Crippen molar-refractivity contribution in [2.75, 3.05) is 18.4 Å². The number of anilines is 2. The molecule has 1 N–H and O–H groups in total. The third-order valence-corrected chi connectivity index (χ3v) is 5.33. The number of alkyl halides is 3. The lowest BCUT2D eigenvalue weighted by atomic mass is 10.3. The van der Waals surface area contributed by atoms with Gasteiger partial charge in [-0.2, -0.15) is 13.2 Å². The van der Waals surface area contributed by atoms with Crippen molar-refractivity contribution in [1.82, 2.24) is 9.88 Å². The Balaban J connectivity index is 2.36. The summed E-state index contributed by atoms with van der Waals surface area (Å²) in [4.78, 5) is 5.82. The highest BCUT2D eigenvalue weighted by atomic mass is 35.5. The van der Waals surface area contributed by atoms with Gasteiger partial charge in [-0.1, -0.05) is 60.0 Å². The van der Waals surface area contributed by atoms with Crippen LogP contribution in [0, 0.1) is 0 Å². The number of halogens is 6. The minimum Gasteiger partial charge on any atom is -0.329 e. The quantitative estimate of drug-likeness (QED) is 0.492. The minimum absolute atomic E-state index is 0.0750. The van der Waals surface area contributed by atoms with Crippen LogP contribution in [0.4, 0.5) is 24.0 Å². The predicted octanol–water partition coefficient (Wildman–Crippen LogP) is 7.10. The first-order valence-electron chi connectivity index (χ1n) is 7.86. The maximum atomic E-state index is 13.4. The summed E-state index contributed by atoms with van der Waals surface area (Å²) in [5.41, 5.74) is -0.617. The lowest BCUT2D eigenvalue weighted by molar-refractivity contribution is -0.141. The molecule has 144 valence electrons. The third-order valence-electron chi connectivity index (χ3n) is 3.56. The standard InChI is InChI=1S/C16H17Cl3F3N3S/c1-3-5-25(4-2)8-12-14(16(20,21)22)24-15(26-12)23-13-10(18)6-9(17)7-11(13)19/h6-7H,3-5,8H2,1-2H3,(H,23,24). The van der Waals surface area contributed by atoms with Crippen molar-refractivity contribution in [2.45, 2.75) is 33.0 Å². The number of benzene rings is 1. The van der Waals surface area contributed by atoms with Crippen LogP contribution in [0.15, 0.2) is 12.1 Å². The molecule has 0 aliphatic rings. The van der Waals surface area contributed by atoms with Crippen LogP contribution < -0.4 is 5.32 Å². The molecule has 0 bridgehead atoms. The van der Waals surface area contributed by atoms with Crippen LogP contribution in [0.25, 0.3) is 0 Å². The van der Waals surface area contributed by atoms with Crippen LogP contribution in [-0.2, 0) is 12.7 Å². The smallest absolute Gasteiger partial charge is 0.329 e. The van der Waals surface area contributed by atoms with Crippen molar-refractivity contribution in [1.29, 1.82) is 0 Å². The highest BCUT2D eigenvalue weighted by Gasteiger charge is 2.38. The van der Waals surface area contributed by atoms with Crippen molar-refractivity contribution in [3.63, 3.8) is 0 Å². The van der Waals surface area contributed by atoms with E-state index in [-0.39, 0.29) is 32.3 Å². The van der Waals surface area contributed by atoms with Gasteiger partial charge in [-0.3, -0.25) is 4.90 Å². The monoisotopic (exact) mass is 445 g/mol. The fourth-order valence-corrected chi connectivity index (χ4v) is 4.31. The molecule has 0 saturated carbocycles. The van der Waals surface area contributed by atoms with Crippen molar-refractivity contribution in [3.8, 4) is 0 Å². The van der Waals surface area contributed by atoms with Gasteiger partial charge in [0.25, 0.3) is 0 Å². The normalized spacial score (nSPS) is 12.0. The molecule has 3 nitrogen and oxygen atoms in total. The van der Waals surface area contributed by atoms with E-state index in [0.717, 1.165) is 17.8 Å². The SMILES string of the molecule is CCCN(CC)Cc1sc(Nc2c(Cl)cc(Cl)cc2Cl)nc1C(F)(F)F. The molecular formula is C16H17Cl3F3N3S. The molecule has 2 aromatic rings. The zero-order valence-corrected chi connectivity index (χ0v) is 17.1. The first-order chi connectivity index (χ1) is 12.2. The van der Waals surface area contributed by atoms with E-state index in [0.29, 0.717) is 18.1 Å². The van der Waals surface area contributed by atoms with E-state index < -0.39 is 11.9 Å². The van der Waals surface area contributed by atoms with Gasteiger partial charge >= 0.3 is 6.18 Å². The van der Waals surface area contributed by atoms with Gasteiger partial charge in [-0.25, -0.2) is 4.98 Å². The Morgan fingerprint density at radius 1 is 1.15 bits per heavy atom. The summed E-state index contributed by atoms with van der Waals surface area (Å²) in [5, 5.41) is 3.60. The van der Waals surface area contributed by atoms with Crippen molar-refractivity contribution in [3.05, 3.63) is 37.8 Å². The fraction of sp³-hybridized carbons (Fsp3) is 0.438. The number of aromatic nitrogens is 1. The first kappa shape index (κ1) is 21.6. The van der Waals surface area contributed by atoms with Crippen LogP contribution >= 0.6 is 46.1 Å². The fourth-order valence-electron chi connectivity index (χ4n) is 2.37. The second-order valence-corrected chi connectivity index (χ2v) is 7.86. The average Bonchev–Trinajstić information content (AvgIpc) is 2.93. The number of nitrogens with one attached hydrogen (secondary N) is 1. The molecule has 0 atom stereocenters. The molecule has 2 rings (SSSR count). The molecule has 0 spiro atoms. The van der Waals surface area contributed by atoms with Crippen LogP contribution in [0.3, 0.4) is 0 Å². The molecule has 1 aromatic carbocycles. The van der Waals surface area contributed by atoms with Gasteiger partial charge in [-0.15, -0.1) is 0 Å². The summed E-state index contributed by atoms with van der Waals surface area (Å²) in [7, 11) is 0. The third kappa shape index (κ3) is 5.39. The van der Waals surface area contributed by atoms with E-state index >= 15 is 0 Å². The molecule has 10 heteroatoms. The van der Waals surface area contributed by atoms with Crippen LogP contribution in [0.5, 0.6) is 0 Å². The Labute approximate surface area is 169 Å². The van der Waals surface area contributed by atoms with Gasteiger partial charge in [0.1, 0.15) is 0 Å². The van der Waals surface area contributed by atoms with Crippen LogP contribution in [0.2, 0.25) is 15.1 Å². The van der Waals surface area contributed by atoms with Crippen molar-refractivity contribution in [2.24, 2.45) is 0 Å². The number of thiazole rings is 1. The maximum Gasteiger partial charge on any atom is 0.434 e. The maximum absolute atomic E-state index is 13.4. The van der Waals surface area contributed by atoms with Gasteiger partial charge < -0.3 is 5.32 Å². The molecule has 0 saturated heterocycles. The Morgan fingerprint density at radius 2 is 1.77 bits per heavy atom. The molecule has 0 amide bonds. The van der Waals surface area contributed by atoms with E-state index in [1.807, 2.05) is 18.7 Å². The summed E-state index contributed by atoms with van der Waals surface area (Å²) >= 11 is 19.0. The predicted molar refractivity (Wildman–Crippen MR) is 103 cm³/mol. The van der Waals surface area contributed by atoms with E-state index in [1.54, 1.807) is 0 Å². The second kappa shape index (κ2) is 8.97. The number of rotatable bonds is 7. The average molecular weight is 447 g/mol. The molecule has 26 heavy (non-hydrogen) atoms. The Kier molecular flexibility index (Phi) is 7.44. The van der Waals surface area contributed by atoms with E-state index in [4.69, 9.17) is 34.8 Å². The highest BCUT2D eigenvalue weighted by Crippen LogP contribution is 2.40. The highest BCUT2D eigenvalue weighted by molar-refractivity contribution is 7.15. The molecule has 1 aromatic heterocycles. The number of hydrogen-bond acceptors (Lipinski definition) is 4. The van der Waals surface area contributed by atoms with Gasteiger partial charge in [0.2, 0.25) is 0 Å². The molecule has 1 heterocycles. The van der Waals surface area contributed by atoms with E-state index in [1.165, 1.54) is 12.1 Å². The van der Waals surface area contributed by atoms with Crippen LogP contribution in [0.1, 0.15) is 30.8 Å². The summed E-state index contributed by atoms with van der Waals surface area (Å²) in [5.74, 6) is 0. The van der Waals surface area contributed by atoms with Gasteiger partial charge in [0.15, 0.2) is 10.8 Å². The van der Waals surface area contributed by atoms with E-state index in [2.05, 4.69) is 10.3 Å². The Hall–Kier alpha value is -0.730. The van der Waals surface area contributed by atoms with Gasteiger partial charge in [-0.05, 0) is 31.6 Å². The Morgan fingerprint density at radius 3 is 2.27 bits per heavy atom. The molecule has 0 aliphatic heterocycles. The van der Waals surface area contributed by atoms with E-state index in [9.17, 15) is 13.2 Å². The summed E-state index contributed by atoms with van der Waals surface area (Å²) in [6, 6.07) is 2.91. The molecule has 0 unspecified atom stereocenters. The topological polar surface area (TPSA) is 28.2 Å². The van der Waals surface area contributed by atoms with Gasteiger partial charge in [0.05, 0.1) is 20.6 Å². The lowest BCUT2D eigenvalue weighted by Gasteiger charge is -2.19. The first-order valence-corrected chi connectivity index (χ1v) is 9.81. The van der Waals surface area contributed by atoms with Crippen LogP contribution in [-0.4, -0.2) is 23.0 Å². The van der Waals surface area contributed by atoms with Crippen molar-refractivity contribution >= 4 is 57.0 Å². The molecule has 0 aliphatic carbocycles. The van der Waals surface area contributed by atoms with Gasteiger partial charge in [0, 0.05) is 11.6 Å². The molecular weight excluding hydrogens is 430 g/mol. The largest absolute Gasteiger partial charge is 0.434 e. The van der Waals surface area contributed by atoms with Crippen molar-refractivity contribution < 1.29 is 13.2 Å². The minimum atomic E-state index is -4.54. The summed E-state index contributed by atoms with van der Waals surface area (Å²) < 4.78 is 40.1. The lowest BCUT2D eigenvalue weighted by Crippen LogP contribution is -2.24. The summed E-state index contributed by atoms with van der Waals surface area (Å²) in [6.07, 6.45) is -3.68. The zero-order valence-electron chi connectivity index (χ0n) is 14.1. The number of hydrogen-bond donors (Lipinski definition) is 1. The zero-order chi connectivity index (χ0) is 19.5. The molecule has 0 fully saturated rings. The summed E-state index contributed by atoms with van der Waals surface area (Å²) in [6.45, 7) is 5.44. The second-order valence-electron chi connectivity index (χ2n) is 5.53. The molecule has 0 radical (unpaired) electrons. The Bertz CT molecular complexity index is 742.